The quantitative estimate of drug-likeness (QED) is 0.324. The van der Waals surface area contributed by atoms with E-state index in [2.05, 4.69) is 15.0 Å². The first kappa shape index (κ1) is 25.0. The number of benzene rings is 1. The van der Waals surface area contributed by atoms with Crippen LogP contribution in [0.5, 0.6) is 0 Å². The Morgan fingerprint density at radius 2 is 1.89 bits per heavy atom. The molecule has 192 valence electrons. The van der Waals surface area contributed by atoms with Gasteiger partial charge in [0.15, 0.2) is 11.5 Å². The molecule has 0 saturated carbocycles. The van der Waals surface area contributed by atoms with Gasteiger partial charge in [-0.05, 0) is 43.2 Å². The van der Waals surface area contributed by atoms with Gasteiger partial charge in [0.2, 0.25) is 5.09 Å². The minimum Gasteiger partial charge on any atom is -0.443 e. The van der Waals surface area contributed by atoms with Gasteiger partial charge in [-0.25, -0.2) is 17.8 Å². The summed E-state index contributed by atoms with van der Waals surface area (Å²) in [6.07, 6.45) is -0.965. The van der Waals surface area contributed by atoms with Gasteiger partial charge >= 0.3 is 6.18 Å². The molecule has 3 aromatic heterocycles. The number of rotatable bonds is 7. The molecular formula is C24H18F4N4O4S. The number of sulfonamides is 1. The number of fused-ring (bicyclic) bond motifs is 1. The van der Waals surface area contributed by atoms with E-state index >= 15 is 0 Å². The zero-order chi connectivity index (χ0) is 26.4. The summed E-state index contributed by atoms with van der Waals surface area (Å²) in [5.41, 5.74) is 0.288. The van der Waals surface area contributed by atoms with Crippen molar-refractivity contribution < 1.29 is 35.2 Å². The molecule has 0 amide bonds. The molecule has 1 aliphatic rings. The van der Waals surface area contributed by atoms with Crippen LogP contribution in [0, 0.1) is 5.82 Å². The Kier molecular flexibility index (Phi) is 6.28. The lowest BCUT2D eigenvalue weighted by atomic mass is 9.98. The number of carbonyl (C=O) groups is 1. The van der Waals surface area contributed by atoms with Crippen LogP contribution in [-0.2, 0) is 27.4 Å². The molecule has 37 heavy (non-hydrogen) atoms. The Morgan fingerprint density at radius 3 is 2.57 bits per heavy atom. The van der Waals surface area contributed by atoms with E-state index in [1.165, 1.54) is 18.3 Å². The zero-order valence-corrected chi connectivity index (χ0v) is 19.8. The lowest BCUT2D eigenvalue weighted by Gasteiger charge is -2.37. The molecule has 1 unspecified atom stereocenters. The number of furan rings is 1. The Hall–Kier alpha value is -3.71. The highest BCUT2D eigenvalue weighted by molar-refractivity contribution is 7.89. The summed E-state index contributed by atoms with van der Waals surface area (Å²) in [4.78, 5) is 24.2. The van der Waals surface area contributed by atoms with Gasteiger partial charge in [0.25, 0.3) is 10.0 Å². The van der Waals surface area contributed by atoms with Crippen LogP contribution in [0.3, 0.4) is 0 Å². The molecule has 13 heteroatoms. The van der Waals surface area contributed by atoms with Crippen LogP contribution in [0.4, 0.5) is 17.6 Å². The van der Waals surface area contributed by atoms with Gasteiger partial charge < -0.3 is 4.42 Å². The van der Waals surface area contributed by atoms with Gasteiger partial charge in [0.1, 0.15) is 11.4 Å². The van der Waals surface area contributed by atoms with Crippen molar-refractivity contribution in [3.05, 3.63) is 72.2 Å². The second-order valence-electron chi connectivity index (χ2n) is 8.45. The van der Waals surface area contributed by atoms with Crippen LogP contribution in [-0.4, -0.2) is 46.0 Å². The average molecular weight is 534 g/mol. The highest BCUT2D eigenvalue weighted by Gasteiger charge is 2.43. The number of alkyl halides is 3. The Morgan fingerprint density at radius 1 is 1.08 bits per heavy atom. The summed E-state index contributed by atoms with van der Waals surface area (Å²) in [7, 11) is -4.10. The fourth-order valence-corrected chi connectivity index (χ4v) is 5.63. The van der Waals surface area contributed by atoms with Gasteiger partial charge in [-0.2, -0.15) is 17.5 Å². The van der Waals surface area contributed by atoms with Crippen molar-refractivity contribution in [1.82, 2.24) is 19.3 Å². The minimum atomic E-state index is -4.60. The van der Waals surface area contributed by atoms with Gasteiger partial charge in [-0.3, -0.25) is 14.8 Å². The summed E-state index contributed by atoms with van der Waals surface area (Å²) in [5.74, 6) is -0.837. The van der Waals surface area contributed by atoms with Crippen LogP contribution < -0.4 is 0 Å². The Balaban J connectivity index is 1.25. The zero-order valence-electron chi connectivity index (χ0n) is 18.9. The van der Waals surface area contributed by atoms with E-state index in [1.54, 1.807) is 12.1 Å². The van der Waals surface area contributed by atoms with E-state index in [0.717, 1.165) is 22.6 Å². The normalized spacial score (nSPS) is 16.6. The van der Waals surface area contributed by atoms with E-state index < -0.39 is 33.8 Å². The molecule has 0 radical (unpaired) electrons. The monoisotopic (exact) mass is 534 g/mol. The van der Waals surface area contributed by atoms with Gasteiger partial charge in [-0.15, -0.1) is 0 Å². The molecule has 1 fully saturated rings. The number of aromatic nitrogens is 3. The third kappa shape index (κ3) is 4.96. The number of halogens is 4. The smallest absolute Gasteiger partial charge is 0.434 e. The third-order valence-corrected chi connectivity index (χ3v) is 7.81. The molecule has 0 aliphatic carbocycles. The van der Waals surface area contributed by atoms with Gasteiger partial charge in [0, 0.05) is 41.9 Å². The van der Waals surface area contributed by atoms with Crippen LogP contribution in [0.2, 0.25) is 0 Å². The first-order chi connectivity index (χ1) is 17.5. The molecule has 1 aliphatic heterocycles. The SMILES string of the molecule is O=C(CCc1cc(-c2cnc(C(F)(F)F)cn2)ccn1)C1CCN1S(=O)(=O)c1cc2cc(F)ccc2o1. The number of carbonyl (C=O) groups excluding carboxylic acids is 1. The third-order valence-electron chi connectivity index (χ3n) is 6.04. The first-order valence-corrected chi connectivity index (χ1v) is 12.5. The van der Waals surface area contributed by atoms with Crippen molar-refractivity contribution in [2.45, 2.75) is 36.6 Å². The maximum absolute atomic E-state index is 13.5. The fourth-order valence-electron chi connectivity index (χ4n) is 4.02. The predicted octanol–water partition coefficient (Wildman–Crippen LogP) is 4.41. The molecule has 5 rings (SSSR count). The van der Waals surface area contributed by atoms with E-state index in [4.69, 9.17) is 4.42 Å². The van der Waals surface area contributed by atoms with E-state index in [-0.39, 0.29) is 41.5 Å². The average Bonchev–Trinajstić information content (AvgIpc) is 3.26. The summed E-state index contributed by atoms with van der Waals surface area (Å²) < 4.78 is 84.1. The molecule has 1 saturated heterocycles. The highest BCUT2D eigenvalue weighted by atomic mass is 32.2. The van der Waals surface area contributed by atoms with Gasteiger partial charge in [0.05, 0.1) is 24.1 Å². The second-order valence-corrected chi connectivity index (χ2v) is 10.3. The van der Waals surface area contributed by atoms with Crippen molar-refractivity contribution >= 4 is 26.8 Å². The van der Waals surface area contributed by atoms with Crippen molar-refractivity contribution in [3.8, 4) is 11.3 Å². The number of nitrogens with zero attached hydrogens (tertiary/aromatic N) is 4. The van der Waals surface area contributed by atoms with Crippen LogP contribution in [0.1, 0.15) is 24.2 Å². The molecule has 0 spiro atoms. The molecule has 0 bridgehead atoms. The molecule has 8 nitrogen and oxygen atoms in total. The number of aryl methyl sites for hydroxylation is 1. The molecule has 1 aromatic carbocycles. The maximum atomic E-state index is 13.5. The van der Waals surface area contributed by atoms with Crippen molar-refractivity contribution in [3.63, 3.8) is 0 Å². The van der Waals surface area contributed by atoms with Crippen molar-refractivity contribution in [2.24, 2.45) is 0 Å². The molecule has 0 N–H and O–H groups in total. The summed E-state index contributed by atoms with van der Waals surface area (Å²) in [6, 6.07) is 7.17. The lowest BCUT2D eigenvalue weighted by molar-refractivity contribution is -0.141. The van der Waals surface area contributed by atoms with E-state index in [9.17, 15) is 30.8 Å². The highest BCUT2D eigenvalue weighted by Crippen LogP contribution is 2.32. The van der Waals surface area contributed by atoms with Crippen LogP contribution in [0.25, 0.3) is 22.2 Å². The molecule has 4 aromatic rings. The number of hydrogen-bond acceptors (Lipinski definition) is 7. The molecule has 1 atom stereocenters. The summed E-state index contributed by atoms with van der Waals surface area (Å²) in [5, 5.41) is -0.0664. The fraction of sp³-hybridized carbons (Fsp3) is 0.250. The molecular weight excluding hydrogens is 516 g/mol. The summed E-state index contributed by atoms with van der Waals surface area (Å²) in [6.45, 7) is 0.143. The number of hydrogen-bond donors (Lipinski definition) is 0. The topological polar surface area (TPSA) is 106 Å². The van der Waals surface area contributed by atoms with Crippen molar-refractivity contribution in [1.29, 1.82) is 0 Å². The minimum absolute atomic E-state index is 0.00281. The Labute approximate surface area is 208 Å². The maximum Gasteiger partial charge on any atom is 0.434 e. The van der Waals surface area contributed by atoms with E-state index in [1.807, 2.05) is 0 Å². The number of ketones is 1. The number of Topliss-reactive ketones (excluding diaryl/α,β-unsaturated/α-hetero) is 1. The predicted molar refractivity (Wildman–Crippen MR) is 122 cm³/mol. The summed E-state index contributed by atoms with van der Waals surface area (Å²) >= 11 is 0. The van der Waals surface area contributed by atoms with Crippen LogP contribution >= 0.6 is 0 Å². The van der Waals surface area contributed by atoms with Crippen LogP contribution in [0.15, 0.2) is 64.5 Å². The number of pyridine rings is 1. The lowest BCUT2D eigenvalue weighted by Crippen LogP contribution is -2.54. The van der Waals surface area contributed by atoms with Gasteiger partial charge in [-0.1, -0.05) is 0 Å². The van der Waals surface area contributed by atoms with E-state index in [0.29, 0.717) is 29.3 Å². The standard InChI is InChI=1S/C24H18F4N4O4S/c25-16-1-4-21-15(9-16)11-23(36-21)37(34,35)32-8-6-19(32)20(33)3-2-17-10-14(5-7-29-17)18-12-31-22(13-30-18)24(26,27)28/h1,4-5,7,9-13,19H,2-3,6,8H2. The Bertz CT molecular complexity index is 1590. The van der Waals surface area contributed by atoms with Crippen molar-refractivity contribution in [2.75, 3.05) is 6.54 Å². The largest absolute Gasteiger partial charge is 0.443 e. The molecule has 4 heterocycles. The second kappa shape index (κ2) is 9.30. The first-order valence-electron chi connectivity index (χ1n) is 11.1.